The van der Waals surface area contributed by atoms with Gasteiger partial charge in [-0.05, 0) is 29.8 Å². The van der Waals surface area contributed by atoms with Crippen LogP contribution in [0.15, 0.2) is 71.0 Å². The molecule has 0 radical (unpaired) electrons. The van der Waals surface area contributed by atoms with Gasteiger partial charge in [0.15, 0.2) is 5.70 Å². The fourth-order valence-electron chi connectivity index (χ4n) is 2.41. The van der Waals surface area contributed by atoms with Crippen LogP contribution in [-0.4, -0.2) is 16.3 Å². The van der Waals surface area contributed by atoms with Gasteiger partial charge < -0.3 is 9.94 Å². The lowest BCUT2D eigenvalue weighted by Gasteiger charge is -2.17. The quantitative estimate of drug-likeness (QED) is 0.436. The zero-order valence-electron chi connectivity index (χ0n) is 13.8. The molecule has 2 aromatic carbocycles. The molecular weight excluding hydrogens is 386 g/mol. The van der Waals surface area contributed by atoms with Gasteiger partial charge in [0.2, 0.25) is 5.13 Å². The molecule has 0 atom stereocenters. The number of anilines is 2. The SMILES string of the molecule is OC1=C(c2csc(N/N=C/c3ccccc3)n2)N(c2ccc(Cl)cc2)NO1. The van der Waals surface area contributed by atoms with Gasteiger partial charge in [0.1, 0.15) is 5.69 Å². The van der Waals surface area contributed by atoms with Crippen LogP contribution in [0.4, 0.5) is 10.8 Å². The third kappa shape index (κ3) is 3.87. The molecule has 0 bridgehead atoms. The summed E-state index contributed by atoms with van der Waals surface area (Å²) in [6, 6.07) is 16.8. The summed E-state index contributed by atoms with van der Waals surface area (Å²) < 4.78 is 0. The maximum Gasteiger partial charge on any atom is 0.327 e. The van der Waals surface area contributed by atoms with E-state index in [9.17, 15) is 5.11 Å². The van der Waals surface area contributed by atoms with E-state index in [4.69, 9.17) is 16.4 Å². The first-order chi connectivity index (χ1) is 13.2. The predicted molar refractivity (Wildman–Crippen MR) is 107 cm³/mol. The maximum atomic E-state index is 10.1. The smallest absolute Gasteiger partial charge is 0.327 e. The van der Waals surface area contributed by atoms with Crippen LogP contribution >= 0.6 is 22.9 Å². The number of benzene rings is 2. The zero-order chi connectivity index (χ0) is 18.6. The van der Waals surface area contributed by atoms with Gasteiger partial charge in [0, 0.05) is 10.4 Å². The van der Waals surface area contributed by atoms with Crippen LogP contribution in [0, 0.1) is 0 Å². The number of aliphatic hydroxyl groups is 1. The number of aliphatic hydroxyl groups excluding tert-OH is 1. The molecule has 0 fully saturated rings. The Bertz CT molecular complexity index is 989. The monoisotopic (exact) mass is 399 g/mol. The van der Waals surface area contributed by atoms with Crippen LogP contribution in [0.25, 0.3) is 5.70 Å². The first-order valence-electron chi connectivity index (χ1n) is 7.92. The van der Waals surface area contributed by atoms with Crippen molar-refractivity contribution >= 4 is 45.7 Å². The second-order valence-corrected chi connectivity index (χ2v) is 6.77. The number of rotatable bonds is 5. The summed E-state index contributed by atoms with van der Waals surface area (Å²) in [5.41, 5.74) is 8.18. The van der Waals surface area contributed by atoms with E-state index in [-0.39, 0.29) is 5.95 Å². The second kappa shape index (κ2) is 7.67. The summed E-state index contributed by atoms with van der Waals surface area (Å²) in [4.78, 5) is 9.51. The van der Waals surface area contributed by atoms with Crippen LogP contribution < -0.4 is 16.0 Å². The molecule has 27 heavy (non-hydrogen) atoms. The molecule has 2 heterocycles. The molecule has 0 aliphatic carbocycles. The summed E-state index contributed by atoms with van der Waals surface area (Å²) in [5.74, 6) is -0.269. The van der Waals surface area contributed by atoms with Crippen molar-refractivity contribution in [3.63, 3.8) is 0 Å². The Morgan fingerprint density at radius 1 is 1.19 bits per heavy atom. The maximum absolute atomic E-state index is 10.1. The minimum atomic E-state index is -0.269. The van der Waals surface area contributed by atoms with Gasteiger partial charge in [-0.2, -0.15) is 5.10 Å². The Balaban J connectivity index is 1.52. The number of nitrogens with zero attached hydrogens (tertiary/aromatic N) is 3. The van der Waals surface area contributed by atoms with Gasteiger partial charge >= 0.3 is 5.95 Å². The molecule has 0 unspecified atom stereocenters. The average molecular weight is 400 g/mol. The van der Waals surface area contributed by atoms with Gasteiger partial charge in [-0.25, -0.2) is 9.99 Å². The highest BCUT2D eigenvalue weighted by molar-refractivity contribution is 7.13. The Hall–Kier alpha value is -3.07. The van der Waals surface area contributed by atoms with Crippen molar-refractivity contribution in [1.29, 1.82) is 0 Å². The number of aromatic nitrogens is 1. The molecule has 7 nitrogen and oxygen atoms in total. The van der Waals surface area contributed by atoms with Gasteiger partial charge in [-0.15, -0.1) is 11.3 Å². The molecule has 4 rings (SSSR count). The molecule has 1 aliphatic heterocycles. The minimum Gasteiger partial charge on any atom is -0.478 e. The van der Waals surface area contributed by atoms with Crippen molar-refractivity contribution in [2.24, 2.45) is 5.10 Å². The lowest BCUT2D eigenvalue weighted by atomic mass is 10.2. The number of hydrazone groups is 1. The molecule has 9 heteroatoms. The van der Waals surface area contributed by atoms with Crippen LogP contribution in [0.5, 0.6) is 0 Å². The van der Waals surface area contributed by atoms with Crippen molar-refractivity contribution in [2.75, 3.05) is 10.4 Å². The molecule has 136 valence electrons. The highest BCUT2D eigenvalue weighted by atomic mass is 35.5. The average Bonchev–Trinajstić information content (AvgIpc) is 3.30. The second-order valence-electron chi connectivity index (χ2n) is 5.48. The summed E-state index contributed by atoms with van der Waals surface area (Å²) >= 11 is 7.29. The van der Waals surface area contributed by atoms with E-state index in [0.29, 0.717) is 21.5 Å². The first-order valence-corrected chi connectivity index (χ1v) is 9.18. The Morgan fingerprint density at radius 2 is 1.96 bits per heavy atom. The molecule has 3 N–H and O–H groups in total. The van der Waals surface area contributed by atoms with Gasteiger partial charge in [-0.1, -0.05) is 47.5 Å². The third-order valence-electron chi connectivity index (χ3n) is 3.66. The van der Waals surface area contributed by atoms with E-state index in [0.717, 1.165) is 11.3 Å². The normalized spacial score (nSPS) is 14.0. The Labute approximate surface area is 164 Å². The highest BCUT2D eigenvalue weighted by Crippen LogP contribution is 2.32. The molecule has 1 aliphatic rings. The van der Waals surface area contributed by atoms with Gasteiger partial charge in [-0.3, -0.25) is 5.43 Å². The van der Waals surface area contributed by atoms with Crippen molar-refractivity contribution in [3.05, 3.63) is 82.2 Å². The Morgan fingerprint density at radius 3 is 2.74 bits per heavy atom. The molecule has 0 spiro atoms. The molecular formula is C18H14ClN5O2S. The predicted octanol–water partition coefficient (Wildman–Crippen LogP) is 4.38. The van der Waals surface area contributed by atoms with E-state index in [2.05, 4.69) is 21.1 Å². The number of nitrogens with one attached hydrogen (secondary N) is 2. The van der Waals surface area contributed by atoms with E-state index in [1.807, 2.05) is 30.3 Å². The Kier molecular flexibility index (Phi) is 4.93. The standard InChI is InChI=1S/C18H14ClN5O2S/c19-13-6-8-14(9-7-13)24-16(17(25)26-23-24)15-11-27-18(21-15)22-20-10-12-4-2-1-3-5-12/h1-11,23,25H,(H,21,22)/b20-10+. The van der Waals surface area contributed by atoms with Crippen molar-refractivity contribution in [3.8, 4) is 0 Å². The lowest BCUT2D eigenvalue weighted by Crippen LogP contribution is -2.30. The molecule has 0 amide bonds. The number of halogens is 1. The minimum absolute atomic E-state index is 0.269. The highest BCUT2D eigenvalue weighted by Gasteiger charge is 2.29. The van der Waals surface area contributed by atoms with Gasteiger partial charge in [0.25, 0.3) is 0 Å². The fourth-order valence-corrected chi connectivity index (χ4v) is 3.18. The number of thiazole rings is 1. The molecule has 3 aromatic rings. The van der Waals surface area contributed by atoms with Gasteiger partial charge in [0.05, 0.1) is 11.9 Å². The topological polar surface area (TPSA) is 82.0 Å². The van der Waals surface area contributed by atoms with Crippen LogP contribution in [-0.2, 0) is 4.84 Å². The van der Waals surface area contributed by atoms with E-state index < -0.39 is 0 Å². The largest absolute Gasteiger partial charge is 0.478 e. The summed E-state index contributed by atoms with van der Waals surface area (Å²) in [6.07, 6.45) is 1.71. The van der Waals surface area contributed by atoms with Crippen LogP contribution in [0.3, 0.4) is 0 Å². The fraction of sp³-hybridized carbons (Fsp3) is 0. The summed E-state index contributed by atoms with van der Waals surface area (Å²) in [5, 5.41) is 18.9. The van der Waals surface area contributed by atoms with Crippen LogP contribution in [0.2, 0.25) is 5.02 Å². The van der Waals surface area contributed by atoms with E-state index in [1.165, 1.54) is 11.3 Å². The van der Waals surface area contributed by atoms with E-state index in [1.54, 1.807) is 40.9 Å². The summed E-state index contributed by atoms with van der Waals surface area (Å²) in [7, 11) is 0. The molecule has 0 saturated heterocycles. The number of hydrogen-bond donors (Lipinski definition) is 3. The zero-order valence-corrected chi connectivity index (χ0v) is 15.4. The molecule has 0 saturated carbocycles. The first kappa shape index (κ1) is 17.3. The number of hydrazine groups is 1. The van der Waals surface area contributed by atoms with Crippen molar-refractivity contribution in [2.45, 2.75) is 0 Å². The van der Waals surface area contributed by atoms with Crippen molar-refractivity contribution in [1.82, 2.24) is 10.6 Å². The number of hydrogen-bond acceptors (Lipinski definition) is 8. The lowest BCUT2D eigenvalue weighted by molar-refractivity contribution is 0.0461. The molecule has 1 aromatic heterocycles. The summed E-state index contributed by atoms with van der Waals surface area (Å²) in [6.45, 7) is 0. The third-order valence-corrected chi connectivity index (χ3v) is 4.66. The van der Waals surface area contributed by atoms with E-state index >= 15 is 0 Å². The van der Waals surface area contributed by atoms with Crippen molar-refractivity contribution < 1.29 is 9.94 Å². The van der Waals surface area contributed by atoms with Crippen LogP contribution in [0.1, 0.15) is 11.3 Å².